The largest absolute Gasteiger partial charge is 0.467 e. The minimum absolute atomic E-state index is 0.145. The third-order valence-electron chi connectivity index (χ3n) is 4.73. The molecule has 31 heavy (non-hydrogen) atoms. The number of benzene rings is 2. The highest BCUT2D eigenvalue weighted by atomic mass is 35.5. The van der Waals surface area contributed by atoms with Gasteiger partial charge in [-0.1, -0.05) is 41.4 Å². The van der Waals surface area contributed by atoms with Gasteiger partial charge in [0.1, 0.15) is 5.76 Å². The second-order valence-electron chi connectivity index (χ2n) is 7.15. The molecule has 0 saturated carbocycles. The van der Waals surface area contributed by atoms with Crippen molar-refractivity contribution >= 4 is 40.7 Å². The topological polar surface area (TPSA) is 65.8 Å². The van der Waals surface area contributed by atoms with Gasteiger partial charge in [0.15, 0.2) is 0 Å². The molecule has 6 nitrogen and oxygen atoms in total. The predicted molar refractivity (Wildman–Crippen MR) is 123 cm³/mol. The van der Waals surface area contributed by atoms with Gasteiger partial charge in [-0.2, -0.15) is 0 Å². The van der Waals surface area contributed by atoms with Crippen LogP contribution in [0.15, 0.2) is 65.3 Å². The normalized spacial score (nSPS) is 10.9. The van der Waals surface area contributed by atoms with Crippen molar-refractivity contribution in [3.8, 4) is 0 Å². The zero-order chi connectivity index (χ0) is 22.4. The van der Waals surface area contributed by atoms with Crippen LogP contribution in [-0.4, -0.2) is 37.4 Å². The molecule has 1 aromatic heterocycles. The fourth-order valence-corrected chi connectivity index (χ4v) is 3.43. The van der Waals surface area contributed by atoms with Crippen molar-refractivity contribution in [3.63, 3.8) is 0 Å². The molecule has 1 N–H and O–H groups in total. The van der Waals surface area contributed by atoms with Gasteiger partial charge in [0, 0.05) is 13.6 Å². The number of furan rings is 1. The number of likely N-dealkylation sites (N-methyl/N-ethyl adjacent to an activating group) is 2. The van der Waals surface area contributed by atoms with Crippen LogP contribution in [0.2, 0.25) is 10.0 Å². The molecule has 0 bridgehead atoms. The van der Waals surface area contributed by atoms with E-state index >= 15 is 0 Å². The first kappa shape index (κ1) is 22.9. The van der Waals surface area contributed by atoms with Crippen LogP contribution < -0.4 is 10.2 Å². The van der Waals surface area contributed by atoms with Gasteiger partial charge in [-0.15, -0.1) is 0 Å². The summed E-state index contributed by atoms with van der Waals surface area (Å²) in [4.78, 5) is 28.9. The van der Waals surface area contributed by atoms with Crippen LogP contribution >= 0.6 is 23.2 Å². The Labute approximate surface area is 191 Å². The smallest absolute Gasteiger partial charge is 0.253 e. The molecule has 0 aliphatic carbocycles. The summed E-state index contributed by atoms with van der Waals surface area (Å²) < 4.78 is 5.24. The maximum Gasteiger partial charge on any atom is 0.253 e. The molecule has 3 aromatic rings. The summed E-state index contributed by atoms with van der Waals surface area (Å²) in [6.07, 6.45) is 1.55. The fraction of sp³-hybridized carbons (Fsp3) is 0.217. The standard InChI is InChI=1S/C23H23Cl2N3O3/c1-27(14-16-9-10-19(24)20(25)12-16)15-22(29)28(2)21-8-4-3-7-18(21)23(30)26-13-17-6-5-11-31-17/h3-12H,13-15H2,1-2H3,(H,26,30). The number of nitrogens with zero attached hydrogens (tertiary/aromatic N) is 2. The molecule has 0 spiro atoms. The van der Waals surface area contributed by atoms with E-state index in [0.717, 1.165) is 5.56 Å². The number of anilines is 1. The molecular formula is C23H23Cl2N3O3. The van der Waals surface area contributed by atoms with Crippen molar-refractivity contribution in [1.82, 2.24) is 10.2 Å². The van der Waals surface area contributed by atoms with Gasteiger partial charge in [-0.05, 0) is 49.0 Å². The summed E-state index contributed by atoms with van der Waals surface area (Å²) in [7, 11) is 3.50. The first-order chi connectivity index (χ1) is 14.8. The quantitative estimate of drug-likeness (QED) is 0.533. The SMILES string of the molecule is CN(CC(=O)N(C)c1ccccc1C(=O)NCc1ccco1)Cc1ccc(Cl)c(Cl)c1. The summed E-state index contributed by atoms with van der Waals surface area (Å²) in [5.41, 5.74) is 1.90. The Morgan fingerprint density at radius 2 is 1.77 bits per heavy atom. The molecule has 0 unspecified atom stereocenters. The van der Waals surface area contributed by atoms with Gasteiger partial charge >= 0.3 is 0 Å². The molecule has 2 amide bonds. The van der Waals surface area contributed by atoms with E-state index in [-0.39, 0.29) is 24.9 Å². The average Bonchev–Trinajstić information content (AvgIpc) is 3.27. The number of hydrogen-bond donors (Lipinski definition) is 1. The van der Waals surface area contributed by atoms with E-state index in [1.165, 1.54) is 4.90 Å². The number of amides is 2. The molecule has 0 aliphatic rings. The minimum Gasteiger partial charge on any atom is -0.467 e. The number of hydrogen-bond acceptors (Lipinski definition) is 4. The number of rotatable bonds is 8. The Hall–Kier alpha value is -2.80. The first-order valence-electron chi connectivity index (χ1n) is 9.64. The van der Waals surface area contributed by atoms with E-state index in [4.69, 9.17) is 27.6 Å². The molecule has 0 saturated heterocycles. The third-order valence-corrected chi connectivity index (χ3v) is 5.47. The lowest BCUT2D eigenvalue weighted by molar-refractivity contribution is -0.119. The summed E-state index contributed by atoms with van der Waals surface area (Å²) in [6, 6.07) is 15.9. The van der Waals surface area contributed by atoms with Crippen molar-refractivity contribution in [3.05, 3.63) is 87.8 Å². The van der Waals surface area contributed by atoms with E-state index in [2.05, 4.69) is 5.32 Å². The lowest BCUT2D eigenvalue weighted by Gasteiger charge is -2.24. The molecular weight excluding hydrogens is 437 g/mol. The Bertz CT molecular complexity index is 1050. The van der Waals surface area contributed by atoms with Crippen molar-refractivity contribution in [2.45, 2.75) is 13.1 Å². The average molecular weight is 460 g/mol. The van der Waals surface area contributed by atoms with Crippen LogP contribution in [0, 0.1) is 0 Å². The van der Waals surface area contributed by atoms with E-state index < -0.39 is 0 Å². The number of para-hydroxylation sites is 1. The zero-order valence-corrected chi connectivity index (χ0v) is 18.8. The second-order valence-corrected chi connectivity index (χ2v) is 7.97. The number of carbonyl (C=O) groups is 2. The van der Waals surface area contributed by atoms with Gasteiger partial charge in [0.05, 0.1) is 40.6 Å². The van der Waals surface area contributed by atoms with Gasteiger partial charge in [-0.25, -0.2) is 0 Å². The number of carbonyl (C=O) groups excluding carboxylic acids is 2. The predicted octanol–water partition coefficient (Wildman–Crippen LogP) is 4.61. The van der Waals surface area contributed by atoms with Gasteiger partial charge in [0.2, 0.25) is 5.91 Å². The van der Waals surface area contributed by atoms with Crippen molar-refractivity contribution < 1.29 is 14.0 Å². The van der Waals surface area contributed by atoms with Crippen molar-refractivity contribution in [2.24, 2.45) is 0 Å². The van der Waals surface area contributed by atoms with E-state index in [9.17, 15) is 9.59 Å². The van der Waals surface area contributed by atoms with Crippen LogP contribution in [0.1, 0.15) is 21.7 Å². The third kappa shape index (κ3) is 6.10. The van der Waals surface area contributed by atoms with E-state index in [1.54, 1.807) is 61.8 Å². The van der Waals surface area contributed by atoms with Gasteiger partial charge < -0.3 is 14.6 Å². The highest BCUT2D eigenvalue weighted by molar-refractivity contribution is 6.42. The fourth-order valence-electron chi connectivity index (χ4n) is 3.11. The maximum atomic E-state index is 12.9. The van der Waals surface area contributed by atoms with E-state index in [0.29, 0.717) is 33.6 Å². The number of nitrogens with one attached hydrogen (secondary N) is 1. The summed E-state index contributed by atoms with van der Waals surface area (Å²) in [5.74, 6) is 0.226. The molecule has 8 heteroatoms. The van der Waals surface area contributed by atoms with Crippen LogP contribution in [-0.2, 0) is 17.9 Å². The molecule has 0 atom stereocenters. The molecule has 0 fully saturated rings. The Kier molecular flexibility index (Phi) is 7.74. The van der Waals surface area contributed by atoms with Gasteiger partial charge in [0.25, 0.3) is 5.91 Å². The molecule has 0 aliphatic heterocycles. The summed E-state index contributed by atoms with van der Waals surface area (Å²) >= 11 is 12.0. The Balaban J connectivity index is 1.64. The van der Waals surface area contributed by atoms with Crippen molar-refractivity contribution in [1.29, 1.82) is 0 Å². The molecule has 1 heterocycles. The Morgan fingerprint density at radius 3 is 2.48 bits per heavy atom. The monoisotopic (exact) mass is 459 g/mol. The van der Waals surface area contributed by atoms with Crippen LogP contribution in [0.25, 0.3) is 0 Å². The second kappa shape index (κ2) is 10.5. The first-order valence-corrected chi connectivity index (χ1v) is 10.4. The van der Waals surface area contributed by atoms with Crippen molar-refractivity contribution in [2.75, 3.05) is 25.5 Å². The summed E-state index contributed by atoms with van der Waals surface area (Å²) in [6.45, 7) is 0.963. The van der Waals surface area contributed by atoms with Crippen LogP contribution in [0.3, 0.4) is 0 Å². The summed E-state index contributed by atoms with van der Waals surface area (Å²) in [5, 5.41) is 3.78. The van der Waals surface area contributed by atoms with Crippen LogP contribution in [0.5, 0.6) is 0 Å². The molecule has 0 radical (unpaired) electrons. The highest BCUT2D eigenvalue weighted by Crippen LogP contribution is 2.23. The van der Waals surface area contributed by atoms with Gasteiger partial charge in [-0.3, -0.25) is 14.5 Å². The lowest BCUT2D eigenvalue weighted by atomic mass is 10.1. The zero-order valence-electron chi connectivity index (χ0n) is 17.3. The van der Waals surface area contributed by atoms with Crippen LogP contribution in [0.4, 0.5) is 5.69 Å². The Morgan fingerprint density at radius 1 is 1.00 bits per heavy atom. The van der Waals surface area contributed by atoms with E-state index in [1.807, 2.05) is 18.0 Å². The lowest BCUT2D eigenvalue weighted by Crippen LogP contribution is -2.37. The molecule has 3 rings (SSSR count). The minimum atomic E-state index is -0.282. The maximum absolute atomic E-state index is 12.9. The molecule has 162 valence electrons. The highest BCUT2D eigenvalue weighted by Gasteiger charge is 2.19. The number of halogens is 2. The molecule has 2 aromatic carbocycles.